The number of hydrogen-bond acceptors (Lipinski definition) is 1. The van der Waals surface area contributed by atoms with E-state index in [9.17, 15) is 0 Å². The van der Waals surface area contributed by atoms with Crippen LogP contribution in [-0.2, 0) is 0 Å². The van der Waals surface area contributed by atoms with Gasteiger partial charge in [0.1, 0.15) is 11.5 Å². The van der Waals surface area contributed by atoms with Crippen molar-refractivity contribution in [2.75, 3.05) is 0 Å². The van der Waals surface area contributed by atoms with Gasteiger partial charge in [0.2, 0.25) is 0 Å². The van der Waals surface area contributed by atoms with Gasteiger partial charge in [-0.05, 0) is 36.2 Å². The smallest absolute Gasteiger partial charge is 0.135 e. The second kappa shape index (κ2) is 2.61. The number of aryl methyl sites for hydroxylation is 1. The number of benzene rings is 2. The Bertz CT molecular complexity index is 500. The summed E-state index contributed by atoms with van der Waals surface area (Å²) in [5.41, 5.74) is 3.77. The molecule has 0 unspecified atom stereocenters. The number of para-hydroxylation sites is 1. The minimum Gasteiger partial charge on any atom is -0.457 e. The molecule has 0 spiro atoms. The van der Waals surface area contributed by atoms with Gasteiger partial charge >= 0.3 is 0 Å². The Kier molecular flexibility index (Phi) is 1.42. The highest BCUT2D eigenvalue weighted by Gasteiger charge is 2.14. The molecule has 3 rings (SSSR count). The van der Waals surface area contributed by atoms with Gasteiger partial charge in [0.25, 0.3) is 0 Å². The normalized spacial score (nSPS) is 11.8. The number of hydrogen-bond donors (Lipinski definition) is 0. The first-order valence-electron chi connectivity index (χ1n) is 4.72. The molecule has 0 radical (unpaired) electrons. The Morgan fingerprint density at radius 3 is 2.71 bits per heavy atom. The molecule has 2 bridgehead atoms. The van der Waals surface area contributed by atoms with Gasteiger partial charge in [0.15, 0.2) is 0 Å². The Hall–Kier alpha value is -1.76. The molecule has 68 valence electrons. The van der Waals surface area contributed by atoms with Crippen molar-refractivity contribution in [1.29, 1.82) is 0 Å². The molecule has 1 aliphatic rings. The average molecular weight is 182 g/mol. The lowest BCUT2D eigenvalue weighted by molar-refractivity contribution is 0.480. The van der Waals surface area contributed by atoms with E-state index in [0.717, 1.165) is 11.5 Å². The Balaban J connectivity index is 2.36. The molecule has 0 atom stereocenters. The summed E-state index contributed by atoms with van der Waals surface area (Å²) in [7, 11) is 0. The summed E-state index contributed by atoms with van der Waals surface area (Å²) in [5, 5.41) is 0. The highest BCUT2D eigenvalue weighted by molar-refractivity contribution is 5.77. The average Bonchev–Trinajstić information content (AvgIpc) is 2.23. The van der Waals surface area contributed by atoms with Crippen molar-refractivity contribution >= 4 is 0 Å². The van der Waals surface area contributed by atoms with Gasteiger partial charge < -0.3 is 4.74 Å². The maximum Gasteiger partial charge on any atom is 0.135 e. The first-order valence-corrected chi connectivity index (χ1v) is 4.72. The van der Waals surface area contributed by atoms with Crippen molar-refractivity contribution in [3.63, 3.8) is 0 Å². The molecule has 0 saturated heterocycles. The fourth-order valence-electron chi connectivity index (χ4n) is 1.86. The van der Waals surface area contributed by atoms with E-state index >= 15 is 0 Å². The summed E-state index contributed by atoms with van der Waals surface area (Å²) >= 11 is 0. The van der Waals surface area contributed by atoms with E-state index in [1.165, 1.54) is 16.7 Å². The van der Waals surface area contributed by atoms with Crippen molar-refractivity contribution in [3.8, 4) is 22.6 Å². The quantitative estimate of drug-likeness (QED) is 0.514. The maximum atomic E-state index is 5.69. The SMILES string of the molecule is Cc1ccc2cc1-c1ccccc1O2. The summed E-state index contributed by atoms with van der Waals surface area (Å²) in [6.07, 6.45) is 0. The van der Waals surface area contributed by atoms with E-state index in [0.29, 0.717) is 0 Å². The zero-order valence-electron chi connectivity index (χ0n) is 7.95. The van der Waals surface area contributed by atoms with Gasteiger partial charge in [-0.25, -0.2) is 0 Å². The first-order chi connectivity index (χ1) is 6.84. The fraction of sp³-hybridized carbons (Fsp3) is 0.0769. The van der Waals surface area contributed by atoms with Gasteiger partial charge in [0.05, 0.1) is 0 Å². The van der Waals surface area contributed by atoms with Crippen LogP contribution in [0.3, 0.4) is 0 Å². The van der Waals surface area contributed by atoms with Crippen LogP contribution in [0.1, 0.15) is 5.56 Å². The zero-order chi connectivity index (χ0) is 9.54. The molecule has 0 aliphatic carbocycles. The molecule has 0 fully saturated rings. The number of ether oxygens (including phenoxy) is 1. The van der Waals surface area contributed by atoms with Gasteiger partial charge in [-0.1, -0.05) is 24.3 Å². The lowest BCUT2D eigenvalue weighted by Gasteiger charge is -2.19. The molecular weight excluding hydrogens is 172 g/mol. The molecule has 1 aliphatic heterocycles. The molecule has 0 aromatic heterocycles. The Morgan fingerprint density at radius 2 is 1.79 bits per heavy atom. The molecule has 14 heavy (non-hydrogen) atoms. The first kappa shape index (κ1) is 7.63. The standard InChI is InChI=1S/C13H10O/c1-9-6-7-10-8-12(9)11-4-2-3-5-13(11)14-10/h2-8H,1H3. The van der Waals surface area contributed by atoms with Crippen LogP contribution in [0.15, 0.2) is 42.5 Å². The van der Waals surface area contributed by atoms with Gasteiger partial charge in [-0.2, -0.15) is 0 Å². The molecule has 2 aromatic rings. The molecule has 1 nitrogen and oxygen atoms in total. The largest absolute Gasteiger partial charge is 0.457 e. The second-order valence-electron chi connectivity index (χ2n) is 3.57. The summed E-state index contributed by atoms with van der Waals surface area (Å²) in [6.45, 7) is 2.13. The fourth-order valence-corrected chi connectivity index (χ4v) is 1.86. The van der Waals surface area contributed by atoms with E-state index < -0.39 is 0 Å². The highest BCUT2D eigenvalue weighted by Crippen LogP contribution is 2.41. The molecule has 0 amide bonds. The minimum atomic E-state index is 0.935. The van der Waals surface area contributed by atoms with Crippen molar-refractivity contribution < 1.29 is 4.74 Å². The van der Waals surface area contributed by atoms with Crippen LogP contribution >= 0.6 is 0 Å². The maximum absolute atomic E-state index is 5.69. The van der Waals surface area contributed by atoms with Crippen molar-refractivity contribution in [1.82, 2.24) is 0 Å². The van der Waals surface area contributed by atoms with Crippen LogP contribution in [0, 0.1) is 6.92 Å². The van der Waals surface area contributed by atoms with Crippen molar-refractivity contribution in [3.05, 3.63) is 48.0 Å². The predicted octanol–water partition coefficient (Wildman–Crippen LogP) is 3.77. The molecule has 1 heteroatoms. The topological polar surface area (TPSA) is 9.23 Å². The Labute approximate surface area is 83.0 Å². The van der Waals surface area contributed by atoms with E-state index in [2.05, 4.69) is 25.1 Å². The molecule has 1 heterocycles. The van der Waals surface area contributed by atoms with E-state index in [-0.39, 0.29) is 0 Å². The van der Waals surface area contributed by atoms with Gasteiger partial charge in [-0.3, -0.25) is 0 Å². The number of rotatable bonds is 0. The van der Waals surface area contributed by atoms with Crippen molar-refractivity contribution in [2.24, 2.45) is 0 Å². The van der Waals surface area contributed by atoms with E-state index in [4.69, 9.17) is 4.74 Å². The third-order valence-corrected chi connectivity index (χ3v) is 2.61. The third-order valence-electron chi connectivity index (χ3n) is 2.61. The zero-order valence-corrected chi connectivity index (χ0v) is 7.95. The highest BCUT2D eigenvalue weighted by atomic mass is 16.5. The summed E-state index contributed by atoms with van der Waals surface area (Å²) in [6, 6.07) is 14.3. The summed E-state index contributed by atoms with van der Waals surface area (Å²) < 4.78 is 5.69. The lowest BCUT2D eigenvalue weighted by Crippen LogP contribution is -1.95. The summed E-state index contributed by atoms with van der Waals surface area (Å²) in [5.74, 6) is 1.90. The van der Waals surface area contributed by atoms with Gasteiger partial charge in [-0.15, -0.1) is 0 Å². The van der Waals surface area contributed by atoms with E-state index in [1.807, 2.05) is 24.3 Å². The van der Waals surface area contributed by atoms with Crippen LogP contribution in [0.25, 0.3) is 11.1 Å². The van der Waals surface area contributed by atoms with Gasteiger partial charge in [0, 0.05) is 5.56 Å². The second-order valence-corrected chi connectivity index (χ2v) is 3.57. The van der Waals surface area contributed by atoms with Crippen LogP contribution < -0.4 is 4.74 Å². The third kappa shape index (κ3) is 0.956. The van der Waals surface area contributed by atoms with Crippen LogP contribution in [-0.4, -0.2) is 0 Å². The molecular formula is C13H10O. The molecule has 0 N–H and O–H groups in total. The lowest BCUT2D eigenvalue weighted by atomic mass is 9.98. The number of fused-ring (bicyclic) bond motifs is 4. The molecule has 2 aromatic carbocycles. The van der Waals surface area contributed by atoms with Crippen LogP contribution in [0.5, 0.6) is 11.5 Å². The monoisotopic (exact) mass is 182 g/mol. The molecule has 0 saturated carbocycles. The predicted molar refractivity (Wildman–Crippen MR) is 56.7 cm³/mol. The minimum absolute atomic E-state index is 0.935. The van der Waals surface area contributed by atoms with Crippen LogP contribution in [0.2, 0.25) is 0 Å². The summed E-state index contributed by atoms with van der Waals surface area (Å²) in [4.78, 5) is 0. The van der Waals surface area contributed by atoms with Crippen LogP contribution in [0.4, 0.5) is 0 Å². The Morgan fingerprint density at radius 1 is 0.929 bits per heavy atom. The van der Waals surface area contributed by atoms with Crippen molar-refractivity contribution in [2.45, 2.75) is 6.92 Å². The van der Waals surface area contributed by atoms with E-state index in [1.54, 1.807) is 0 Å².